The second-order valence-corrected chi connectivity index (χ2v) is 12.5. The quantitative estimate of drug-likeness (QED) is 0.397. The number of benzene rings is 1. The molecule has 43 heavy (non-hydrogen) atoms. The van der Waals surface area contributed by atoms with Crippen molar-refractivity contribution in [3.8, 4) is 0 Å². The lowest BCUT2D eigenvalue weighted by Crippen LogP contribution is -2.59. The molecule has 1 unspecified atom stereocenters. The number of aryl methyl sites for hydroxylation is 1. The number of carbonyl (C=O) groups is 3. The number of alkyl carbamates (subject to hydrolysis) is 1. The highest BCUT2D eigenvalue weighted by molar-refractivity contribution is 9.10. The van der Waals surface area contributed by atoms with E-state index in [0.29, 0.717) is 16.3 Å². The topological polar surface area (TPSA) is 104 Å². The van der Waals surface area contributed by atoms with Gasteiger partial charge >= 0.3 is 12.3 Å². The summed E-state index contributed by atoms with van der Waals surface area (Å²) in [5, 5.41) is 7.07. The van der Waals surface area contributed by atoms with Crippen LogP contribution in [0, 0.1) is 11.2 Å². The number of alkyl halides is 3. The maximum atomic E-state index is 14.1. The first kappa shape index (κ1) is 32.4. The minimum absolute atomic E-state index is 0.0513. The molecule has 2 aromatic rings. The molecule has 9 nitrogen and oxygen atoms in total. The third-order valence-corrected chi connectivity index (χ3v) is 7.70. The van der Waals surface area contributed by atoms with Crippen molar-refractivity contribution in [2.45, 2.75) is 64.3 Å². The van der Waals surface area contributed by atoms with Crippen molar-refractivity contribution in [2.24, 2.45) is 10.5 Å². The Hall–Kier alpha value is -3.55. The molecule has 3 heterocycles. The van der Waals surface area contributed by atoms with Gasteiger partial charge in [0.2, 0.25) is 5.91 Å². The number of amides is 3. The Labute approximate surface area is 254 Å². The lowest BCUT2D eigenvalue weighted by Gasteiger charge is -2.40. The predicted octanol–water partition coefficient (Wildman–Crippen LogP) is 5.03. The second-order valence-electron chi connectivity index (χ2n) is 11.6. The number of likely N-dealkylation sites (tertiary alicyclic amines) is 1. The summed E-state index contributed by atoms with van der Waals surface area (Å²) in [5.74, 6) is -1.90. The summed E-state index contributed by atoms with van der Waals surface area (Å²) in [6.45, 7) is 3.25. The van der Waals surface area contributed by atoms with Crippen molar-refractivity contribution >= 4 is 39.5 Å². The number of rotatable bonds is 8. The average molecular weight is 671 g/mol. The molecule has 2 atom stereocenters. The molecular formula is C29H32BrF4N5O4. The molecule has 0 bridgehead atoms. The van der Waals surface area contributed by atoms with Gasteiger partial charge < -0.3 is 15.0 Å². The number of nitrogens with one attached hydrogen (secondary N) is 1. The van der Waals surface area contributed by atoms with Crippen LogP contribution in [0.1, 0.15) is 44.9 Å². The van der Waals surface area contributed by atoms with Crippen LogP contribution in [-0.4, -0.2) is 76.0 Å². The molecule has 232 valence electrons. The van der Waals surface area contributed by atoms with E-state index in [1.165, 1.54) is 23.2 Å². The number of nitrogens with zero attached hydrogens (tertiary/aromatic N) is 4. The van der Waals surface area contributed by atoms with Crippen molar-refractivity contribution < 1.29 is 36.7 Å². The number of halogens is 5. The summed E-state index contributed by atoms with van der Waals surface area (Å²) in [6, 6.07) is 8.42. The largest absolute Gasteiger partial charge is 0.444 e. The number of hydrogen-bond donors (Lipinski definition) is 1. The number of fused-ring (bicyclic) bond motifs is 1. The highest BCUT2D eigenvalue weighted by atomic mass is 79.9. The van der Waals surface area contributed by atoms with Crippen LogP contribution in [0.4, 0.5) is 22.4 Å². The summed E-state index contributed by atoms with van der Waals surface area (Å²) in [4.78, 5) is 45.9. The molecule has 0 spiro atoms. The van der Waals surface area contributed by atoms with E-state index in [2.05, 4.69) is 31.3 Å². The number of piperidine rings is 1. The number of hydrogen-bond acceptors (Lipinski definition) is 6. The van der Waals surface area contributed by atoms with Crippen LogP contribution in [0.25, 0.3) is 0 Å². The van der Waals surface area contributed by atoms with Gasteiger partial charge in [-0.1, -0.05) is 12.1 Å². The van der Waals surface area contributed by atoms with E-state index >= 15 is 0 Å². The Morgan fingerprint density at radius 1 is 1.19 bits per heavy atom. The molecule has 0 saturated carbocycles. The molecule has 1 aromatic carbocycles. The molecule has 0 radical (unpaired) electrons. The zero-order valence-electron chi connectivity index (χ0n) is 23.9. The number of pyridine rings is 1. The van der Waals surface area contributed by atoms with E-state index in [-0.39, 0.29) is 49.0 Å². The molecule has 4 rings (SSSR count). The van der Waals surface area contributed by atoms with Gasteiger partial charge in [0.05, 0.1) is 10.2 Å². The monoisotopic (exact) mass is 669 g/mol. The molecule has 1 N–H and O–H groups in total. The van der Waals surface area contributed by atoms with Crippen molar-refractivity contribution in [1.29, 1.82) is 0 Å². The predicted molar refractivity (Wildman–Crippen MR) is 152 cm³/mol. The fourth-order valence-electron chi connectivity index (χ4n) is 5.20. The van der Waals surface area contributed by atoms with Gasteiger partial charge in [-0.25, -0.2) is 14.2 Å². The van der Waals surface area contributed by atoms with Gasteiger partial charge in [-0.3, -0.25) is 14.6 Å². The first-order valence-electron chi connectivity index (χ1n) is 13.7. The van der Waals surface area contributed by atoms with Crippen LogP contribution in [0.3, 0.4) is 0 Å². The molecular weight excluding hydrogens is 638 g/mol. The Bertz CT molecular complexity index is 1400. The lowest BCUT2D eigenvalue weighted by atomic mass is 9.74. The molecule has 3 amide bonds. The first-order valence-corrected chi connectivity index (χ1v) is 14.4. The SMILES string of the molecule is CC(C)(C)OC(=O)NC(CCc1ccc(Br)c(F)c1)C(=O)N1CCC2=NN(CC(F)(F)F)C(=O)[C@]2(Cc2ccccn2)C1. The van der Waals surface area contributed by atoms with E-state index < -0.39 is 53.5 Å². The van der Waals surface area contributed by atoms with E-state index in [1.54, 1.807) is 45.0 Å². The van der Waals surface area contributed by atoms with Crippen molar-refractivity contribution in [3.63, 3.8) is 0 Å². The number of carbonyl (C=O) groups excluding carboxylic acids is 3. The van der Waals surface area contributed by atoms with Gasteiger partial charge in [-0.15, -0.1) is 0 Å². The van der Waals surface area contributed by atoms with Gasteiger partial charge in [0.15, 0.2) is 0 Å². The van der Waals surface area contributed by atoms with Crippen LogP contribution in [0.15, 0.2) is 52.2 Å². The second kappa shape index (κ2) is 12.6. The molecule has 0 aliphatic carbocycles. The van der Waals surface area contributed by atoms with Gasteiger partial charge in [-0.2, -0.15) is 18.3 Å². The highest BCUT2D eigenvalue weighted by Gasteiger charge is 2.56. The van der Waals surface area contributed by atoms with E-state index in [9.17, 15) is 31.9 Å². The van der Waals surface area contributed by atoms with E-state index in [1.807, 2.05) is 0 Å². The molecule has 1 aromatic heterocycles. The smallest absolute Gasteiger partial charge is 0.408 e. The van der Waals surface area contributed by atoms with E-state index in [0.717, 1.165) is 0 Å². The standard InChI is InChI=1S/C29H32BrF4N5O4/c1-27(2,3)43-26(42)36-22(10-8-18-7-9-20(30)21(31)14-18)24(40)38-13-11-23-28(16-38,15-19-6-4-5-12-35-19)25(41)39(37-23)17-29(32,33)34/h4-7,9,12,14,22H,8,10-11,13,15-17H2,1-3H3,(H,36,42)/t22?,28-/m1/s1. The number of aromatic nitrogens is 1. The third-order valence-electron chi connectivity index (χ3n) is 7.06. The zero-order chi connectivity index (χ0) is 31.6. The minimum Gasteiger partial charge on any atom is -0.444 e. The molecule has 1 saturated heterocycles. The Morgan fingerprint density at radius 2 is 1.93 bits per heavy atom. The number of ether oxygens (including phenoxy) is 1. The summed E-state index contributed by atoms with van der Waals surface area (Å²) in [7, 11) is 0. The van der Waals surface area contributed by atoms with E-state index in [4.69, 9.17) is 4.74 Å². The molecule has 2 aliphatic rings. The fraction of sp³-hybridized carbons (Fsp3) is 0.483. The summed E-state index contributed by atoms with van der Waals surface area (Å²) >= 11 is 3.10. The van der Waals surface area contributed by atoms with Gasteiger partial charge in [0.25, 0.3) is 5.91 Å². The van der Waals surface area contributed by atoms with Gasteiger partial charge in [0.1, 0.15) is 29.4 Å². The summed E-state index contributed by atoms with van der Waals surface area (Å²) in [5.41, 5.74) is -1.13. The first-order chi connectivity index (χ1) is 20.1. The van der Waals surface area contributed by atoms with Crippen LogP contribution in [0.2, 0.25) is 0 Å². The minimum atomic E-state index is -4.68. The zero-order valence-corrected chi connectivity index (χ0v) is 25.5. The van der Waals surface area contributed by atoms with Gasteiger partial charge in [0, 0.05) is 37.8 Å². The Balaban J connectivity index is 1.61. The van der Waals surface area contributed by atoms with Crippen molar-refractivity contribution in [1.82, 2.24) is 20.2 Å². The summed E-state index contributed by atoms with van der Waals surface area (Å²) in [6.07, 6.45) is -3.74. The van der Waals surface area contributed by atoms with Crippen LogP contribution >= 0.6 is 15.9 Å². The molecule has 2 aliphatic heterocycles. The van der Waals surface area contributed by atoms with Crippen molar-refractivity contribution in [3.05, 3.63) is 64.1 Å². The molecule has 1 fully saturated rings. The van der Waals surface area contributed by atoms with Crippen LogP contribution in [-0.2, 0) is 27.2 Å². The highest BCUT2D eigenvalue weighted by Crippen LogP contribution is 2.39. The third kappa shape index (κ3) is 8.09. The van der Waals surface area contributed by atoms with Crippen LogP contribution in [0.5, 0.6) is 0 Å². The number of hydrazone groups is 1. The average Bonchev–Trinajstić information content (AvgIpc) is 3.16. The van der Waals surface area contributed by atoms with Gasteiger partial charge in [-0.05, 0) is 79.4 Å². The Morgan fingerprint density at radius 3 is 2.56 bits per heavy atom. The normalized spacial score (nSPS) is 19.5. The molecule has 14 heteroatoms. The lowest BCUT2D eigenvalue weighted by molar-refractivity contribution is -0.164. The van der Waals surface area contributed by atoms with Crippen LogP contribution < -0.4 is 5.32 Å². The summed E-state index contributed by atoms with van der Waals surface area (Å²) < 4.78 is 59.7. The Kier molecular flexibility index (Phi) is 9.48. The fourth-order valence-corrected chi connectivity index (χ4v) is 5.44. The maximum absolute atomic E-state index is 14.1. The maximum Gasteiger partial charge on any atom is 0.408 e. The van der Waals surface area contributed by atoms with Crippen molar-refractivity contribution in [2.75, 3.05) is 19.6 Å².